The van der Waals surface area contributed by atoms with E-state index in [1.165, 1.54) is 29.0 Å². The Kier molecular flexibility index (Phi) is 3.25. The SMILES string of the molecule is c1csc(CN2CC(C3CC3)NCc3ccccc32)c1. The van der Waals surface area contributed by atoms with E-state index in [2.05, 4.69) is 52.0 Å². The summed E-state index contributed by atoms with van der Waals surface area (Å²) in [5.41, 5.74) is 2.85. The average molecular weight is 284 g/mol. The fourth-order valence-electron chi connectivity index (χ4n) is 3.16. The highest BCUT2D eigenvalue weighted by Gasteiger charge is 2.34. The van der Waals surface area contributed by atoms with Gasteiger partial charge in [0.1, 0.15) is 0 Å². The van der Waals surface area contributed by atoms with Crippen molar-refractivity contribution in [2.45, 2.75) is 32.0 Å². The number of rotatable bonds is 3. The summed E-state index contributed by atoms with van der Waals surface area (Å²) >= 11 is 1.86. The summed E-state index contributed by atoms with van der Waals surface area (Å²) < 4.78 is 0. The molecule has 4 rings (SSSR count). The summed E-state index contributed by atoms with van der Waals surface area (Å²) in [5.74, 6) is 0.898. The molecule has 2 aromatic rings. The highest BCUT2D eigenvalue weighted by atomic mass is 32.1. The second kappa shape index (κ2) is 5.23. The van der Waals surface area contributed by atoms with Crippen LogP contribution in [0.1, 0.15) is 23.3 Å². The maximum Gasteiger partial charge on any atom is 0.0523 e. The van der Waals surface area contributed by atoms with Gasteiger partial charge in [0.25, 0.3) is 0 Å². The second-order valence-corrected chi connectivity index (χ2v) is 6.95. The minimum Gasteiger partial charge on any atom is -0.365 e. The van der Waals surface area contributed by atoms with Crippen LogP contribution in [0, 0.1) is 5.92 Å². The van der Waals surface area contributed by atoms with Crippen molar-refractivity contribution in [2.75, 3.05) is 11.4 Å². The molecule has 1 aromatic heterocycles. The van der Waals surface area contributed by atoms with Gasteiger partial charge < -0.3 is 10.2 Å². The summed E-state index contributed by atoms with van der Waals surface area (Å²) in [5, 5.41) is 5.95. The van der Waals surface area contributed by atoms with Gasteiger partial charge in [0, 0.05) is 29.7 Å². The van der Waals surface area contributed by atoms with Crippen LogP contribution in [0.5, 0.6) is 0 Å². The van der Waals surface area contributed by atoms with Gasteiger partial charge in [-0.15, -0.1) is 11.3 Å². The van der Waals surface area contributed by atoms with Crippen molar-refractivity contribution in [3.8, 4) is 0 Å². The number of hydrogen-bond donors (Lipinski definition) is 1. The predicted octanol–water partition coefficient (Wildman–Crippen LogP) is 3.64. The first kappa shape index (κ1) is 12.4. The molecule has 0 spiro atoms. The van der Waals surface area contributed by atoms with E-state index in [1.807, 2.05) is 11.3 Å². The van der Waals surface area contributed by atoms with Crippen LogP contribution in [0.25, 0.3) is 0 Å². The van der Waals surface area contributed by atoms with Gasteiger partial charge in [0.2, 0.25) is 0 Å². The Bertz CT molecular complexity index is 574. The van der Waals surface area contributed by atoms with Gasteiger partial charge in [-0.3, -0.25) is 0 Å². The topological polar surface area (TPSA) is 15.3 Å². The molecule has 104 valence electrons. The first-order valence-corrected chi connectivity index (χ1v) is 8.37. The highest BCUT2D eigenvalue weighted by molar-refractivity contribution is 7.09. The Morgan fingerprint density at radius 2 is 2.05 bits per heavy atom. The Balaban J connectivity index is 1.64. The van der Waals surface area contributed by atoms with E-state index in [4.69, 9.17) is 0 Å². The molecule has 2 heterocycles. The van der Waals surface area contributed by atoms with Gasteiger partial charge in [-0.1, -0.05) is 24.3 Å². The molecule has 2 aliphatic rings. The lowest BCUT2D eigenvalue weighted by molar-refractivity contribution is 0.467. The van der Waals surface area contributed by atoms with Gasteiger partial charge in [0.05, 0.1) is 6.54 Å². The van der Waals surface area contributed by atoms with Crippen molar-refractivity contribution in [3.05, 3.63) is 52.2 Å². The Labute approximate surface area is 124 Å². The monoisotopic (exact) mass is 284 g/mol. The zero-order valence-electron chi connectivity index (χ0n) is 11.6. The molecule has 0 saturated heterocycles. The van der Waals surface area contributed by atoms with Gasteiger partial charge in [-0.25, -0.2) is 0 Å². The molecule has 0 amide bonds. The zero-order chi connectivity index (χ0) is 13.4. The van der Waals surface area contributed by atoms with Crippen molar-refractivity contribution in [2.24, 2.45) is 5.92 Å². The van der Waals surface area contributed by atoms with Gasteiger partial charge >= 0.3 is 0 Å². The number of benzene rings is 1. The first-order chi connectivity index (χ1) is 9.90. The third-order valence-corrected chi connectivity index (χ3v) is 5.28. The third-order valence-electron chi connectivity index (χ3n) is 4.42. The van der Waals surface area contributed by atoms with Crippen molar-refractivity contribution in [3.63, 3.8) is 0 Å². The zero-order valence-corrected chi connectivity index (χ0v) is 12.4. The average Bonchev–Trinajstić information content (AvgIpc) is 3.22. The number of nitrogens with one attached hydrogen (secondary N) is 1. The maximum absolute atomic E-state index is 3.77. The maximum atomic E-state index is 3.77. The van der Waals surface area contributed by atoms with Crippen LogP contribution in [0.15, 0.2) is 41.8 Å². The summed E-state index contributed by atoms with van der Waals surface area (Å²) in [4.78, 5) is 4.03. The minimum atomic E-state index is 0.655. The van der Waals surface area contributed by atoms with E-state index in [0.29, 0.717) is 6.04 Å². The molecule has 1 atom stereocenters. The summed E-state index contributed by atoms with van der Waals surface area (Å²) in [7, 11) is 0. The molecule has 20 heavy (non-hydrogen) atoms. The van der Waals surface area contributed by atoms with Gasteiger partial charge in [-0.2, -0.15) is 0 Å². The molecule has 1 unspecified atom stereocenters. The molecular weight excluding hydrogens is 264 g/mol. The first-order valence-electron chi connectivity index (χ1n) is 7.49. The summed E-state index contributed by atoms with van der Waals surface area (Å²) in [6.45, 7) is 3.19. The van der Waals surface area contributed by atoms with Gasteiger partial charge in [0.15, 0.2) is 0 Å². The molecule has 3 heteroatoms. The van der Waals surface area contributed by atoms with Crippen LogP contribution < -0.4 is 10.2 Å². The molecule has 2 nitrogen and oxygen atoms in total. The molecule has 1 fully saturated rings. The van der Waals surface area contributed by atoms with Crippen LogP contribution in [0.2, 0.25) is 0 Å². The molecular formula is C17H20N2S. The molecule has 1 saturated carbocycles. The lowest BCUT2D eigenvalue weighted by Gasteiger charge is -2.27. The summed E-state index contributed by atoms with van der Waals surface area (Å²) in [6.07, 6.45) is 2.81. The number of nitrogens with zero attached hydrogens (tertiary/aromatic N) is 1. The number of para-hydroxylation sites is 1. The Morgan fingerprint density at radius 1 is 1.15 bits per heavy atom. The predicted molar refractivity (Wildman–Crippen MR) is 85.2 cm³/mol. The standard InChI is InChI=1S/C17H20N2S/c1-2-6-17-14(4-1)10-18-16(13-7-8-13)12-19(17)11-15-5-3-9-20-15/h1-6,9,13,16,18H,7-8,10-12H2. The molecule has 1 aliphatic heterocycles. The largest absolute Gasteiger partial charge is 0.365 e. The Hall–Kier alpha value is -1.32. The number of hydrogen-bond acceptors (Lipinski definition) is 3. The summed E-state index contributed by atoms with van der Waals surface area (Å²) in [6, 6.07) is 13.9. The minimum absolute atomic E-state index is 0.655. The number of anilines is 1. The van der Waals surface area contributed by atoms with Crippen LogP contribution in [-0.4, -0.2) is 12.6 Å². The molecule has 1 aliphatic carbocycles. The van der Waals surface area contributed by atoms with Crippen molar-refractivity contribution >= 4 is 17.0 Å². The van der Waals surface area contributed by atoms with Crippen LogP contribution in [0.4, 0.5) is 5.69 Å². The van der Waals surface area contributed by atoms with E-state index in [-0.39, 0.29) is 0 Å². The smallest absolute Gasteiger partial charge is 0.0523 e. The Morgan fingerprint density at radius 3 is 2.85 bits per heavy atom. The fraction of sp³-hybridized carbons (Fsp3) is 0.412. The van der Waals surface area contributed by atoms with E-state index < -0.39 is 0 Å². The fourth-order valence-corrected chi connectivity index (χ4v) is 3.88. The van der Waals surface area contributed by atoms with Crippen LogP contribution in [-0.2, 0) is 13.1 Å². The third kappa shape index (κ3) is 2.48. The molecule has 1 aromatic carbocycles. The normalized spacial score (nSPS) is 22.4. The number of thiophene rings is 1. The van der Waals surface area contributed by atoms with E-state index in [0.717, 1.165) is 25.6 Å². The number of fused-ring (bicyclic) bond motifs is 1. The van der Waals surface area contributed by atoms with Gasteiger partial charge in [-0.05, 0) is 41.8 Å². The quantitative estimate of drug-likeness (QED) is 0.926. The van der Waals surface area contributed by atoms with Crippen LogP contribution in [0.3, 0.4) is 0 Å². The van der Waals surface area contributed by atoms with Crippen molar-refractivity contribution in [1.82, 2.24) is 5.32 Å². The lowest BCUT2D eigenvalue weighted by Crippen LogP contribution is -2.39. The van der Waals surface area contributed by atoms with E-state index in [9.17, 15) is 0 Å². The van der Waals surface area contributed by atoms with E-state index in [1.54, 1.807) is 0 Å². The molecule has 0 bridgehead atoms. The second-order valence-electron chi connectivity index (χ2n) is 5.91. The molecule has 0 radical (unpaired) electrons. The van der Waals surface area contributed by atoms with Crippen molar-refractivity contribution in [1.29, 1.82) is 0 Å². The van der Waals surface area contributed by atoms with E-state index >= 15 is 0 Å². The van der Waals surface area contributed by atoms with Crippen LogP contribution >= 0.6 is 11.3 Å². The van der Waals surface area contributed by atoms with Crippen molar-refractivity contribution < 1.29 is 0 Å². The molecule has 1 N–H and O–H groups in total. The lowest BCUT2D eigenvalue weighted by atomic mass is 10.1. The highest BCUT2D eigenvalue weighted by Crippen LogP contribution is 2.36.